The molecule has 2 aliphatic rings. The molecule has 0 aromatic carbocycles. The van der Waals surface area contributed by atoms with Crippen molar-refractivity contribution >= 4 is 33.7 Å². The van der Waals surface area contributed by atoms with E-state index in [0.29, 0.717) is 32.1 Å². The van der Waals surface area contributed by atoms with Crippen LogP contribution in [0.5, 0.6) is 5.88 Å². The minimum atomic E-state index is -0.438. The number of aromatic nitrogens is 2. The molecule has 2 amide bonds. The number of nitrogens with one attached hydrogen (secondary N) is 1. The Bertz CT molecular complexity index is 1050. The maximum absolute atomic E-state index is 13.3. The molecule has 0 saturated carbocycles. The van der Waals surface area contributed by atoms with Gasteiger partial charge in [-0.1, -0.05) is 6.07 Å². The fourth-order valence-electron chi connectivity index (χ4n) is 4.60. The molecule has 1 fully saturated rings. The molecule has 4 rings (SSSR count). The van der Waals surface area contributed by atoms with Crippen molar-refractivity contribution in [3.8, 4) is 5.88 Å². The highest BCUT2D eigenvalue weighted by Gasteiger charge is 2.35. The zero-order chi connectivity index (χ0) is 24.8. The van der Waals surface area contributed by atoms with Crippen LogP contribution in [0.3, 0.4) is 0 Å². The van der Waals surface area contributed by atoms with Gasteiger partial charge in [-0.05, 0) is 65.7 Å². The molecular weight excluding hydrogens is 514 g/mol. The van der Waals surface area contributed by atoms with E-state index in [0.717, 1.165) is 53.8 Å². The number of nitrogens with zero attached hydrogens (tertiary/aromatic N) is 4. The minimum absolute atomic E-state index is 0.0748. The van der Waals surface area contributed by atoms with Crippen LogP contribution in [0.4, 0.5) is 10.6 Å². The Balaban J connectivity index is 1.40. The van der Waals surface area contributed by atoms with Crippen molar-refractivity contribution in [3.05, 3.63) is 45.7 Å². The smallest absolute Gasteiger partial charge is 0.320 e. The van der Waals surface area contributed by atoms with Crippen LogP contribution in [-0.2, 0) is 22.4 Å². The number of ether oxygens (including phenoxy) is 2. The molecule has 0 spiro atoms. The summed E-state index contributed by atoms with van der Waals surface area (Å²) < 4.78 is 11.3. The number of hydrogen-bond acceptors (Lipinski definition) is 7. The lowest BCUT2D eigenvalue weighted by Crippen LogP contribution is -2.36. The summed E-state index contributed by atoms with van der Waals surface area (Å²) in [7, 11) is 1.55. The molecule has 4 heterocycles. The Hall–Kier alpha value is -2.88. The Labute approximate surface area is 214 Å². The standard InChI is InChI=1S/C25H32BrN5O4/c1-3-35-23(32)15-21(18-8-9-22(34-2)28-16-18)31-13-12-30(25(31)33)11-5-7-20-19(26)14-17-6-4-10-27-24(17)29-20/h8-9,14,16,21H,3-7,10-13,15H2,1-2H3,(H,27,29)/t21-/m0/s1. The lowest BCUT2D eigenvalue weighted by molar-refractivity contribution is -0.144. The second-order valence-corrected chi connectivity index (χ2v) is 9.53. The van der Waals surface area contributed by atoms with Gasteiger partial charge in [0.15, 0.2) is 0 Å². The first-order valence-corrected chi connectivity index (χ1v) is 12.9. The summed E-state index contributed by atoms with van der Waals surface area (Å²) in [6, 6.07) is 5.24. The summed E-state index contributed by atoms with van der Waals surface area (Å²) in [6.07, 6.45) is 5.48. The monoisotopic (exact) mass is 545 g/mol. The predicted octanol–water partition coefficient (Wildman–Crippen LogP) is 3.97. The lowest BCUT2D eigenvalue weighted by Gasteiger charge is -2.27. The summed E-state index contributed by atoms with van der Waals surface area (Å²) in [6.45, 7) is 4.81. The molecule has 188 valence electrons. The van der Waals surface area contributed by atoms with Crippen molar-refractivity contribution in [2.24, 2.45) is 0 Å². The molecule has 2 aromatic rings. The van der Waals surface area contributed by atoms with Gasteiger partial charge in [-0.15, -0.1) is 0 Å². The minimum Gasteiger partial charge on any atom is -0.481 e. The van der Waals surface area contributed by atoms with Gasteiger partial charge in [0.2, 0.25) is 5.88 Å². The van der Waals surface area contributed by atoms with E-state index >= 15 is 0 Å². The Kier molecular flexibility index (Phi) is 8.43. The van der Waals surface area contributed by atoms with Crippen LogP contribution in [0.15, 0.2) is 28.9 Å². The van der Waals surface area contributed by atoms with Crippen LogP contribution < -0.4 is 10.1 Å². The first kappa shape index (κ1) is 25.2. The number of esters is 1. The SMILES string of the molecule is CCOC(=O)C[C@@H](c1ccc(OC)nc1)N1CCN(CCCc2nc3c(cc2Br)CCCN3)C1=O. The van der Waals surface area contributed by atoms with Crippen LogP contribution >= 0.6 is 15.9 Å². The van der Waals surface area contributed by atoms with Crippen molar-refractivity contribution in [2.45, 2.75) is 45.1 Å². The molecule has 0 aliphatic carbocycles. The number of methoxy groups -OCH3 is 1. The number of anilines is 1. The number of hydrogen-bond donors (Lipinski definition) is 1. The molecule has 9 nitrogen and oxygen atoms in total. The number of aryl methyl sites for hydroxylation is 2. The summed E-state index contributed by atoms with van der Waals surface area (Å²) in [5, 5.41) is 3.38. The number of rotatable bonds is 10. The van der Waals surface area contributed by atoms with E-state index in [1.165, 1.54) is 5.56 Å². The average Bonchev–Trinajstić information content (AvgIpc) is 3.23. The highest BCUT2D eigenvalue weighted by Crippen LogP contribution is 2.30. The zero-order valence-corrected chi connectivity index (χ0v) is 21.8. The van der Waals surface area contributed by atoms with E-state index < -0.39 is 6.04 Å². The van der Waals surface area contributed by atoms with Crippen LogP contribution in [0.2, 0.25) is 0 Å². The maximum Gasteiger partial charge on any atom is 0.320 e. The molecule has 1 atom stereocenters. The molecule has 10 heteroatoms. The van der Waals surface area contributed by atoms with Gasteiger partial charge in [0, 0.05) is 42.9 Å². The lowest BCUT2D eigenvalue weighted by atomic mass is 10.0. The third kappa shape index (κ3) is 6.04. The number of urea groups is 1. The quantitative estimate of drug-likeness (QED) is 0.451. The number of fused-ring (bicyclic) bond motifs is 1. The first-order chi connectivity index (χ1) is 17.0. The fourth-order valence-corrected chi connectivity index (χ4v) is 5.16. The van der Waals surface area contributed by atoms with E-state index in [1.807, 2.05) is 11.0 Å². The van der Waals surface area contributed by atoms with Gasteiger partial charge in [0.1, 0.15) is 5.82 Å². The van der Waals surface area contributed by atoms with Gasteiger partial charge in [-0.2, -0.15) is 0 Å². The molecule has 2 aliphatic heterocycles. The second-order valence-electron chi connectivity index (χ2n) is 8.68. The van der Waals surface area contributed by atoms with E-state index in [9.17, 15) is 9.59 Å². The third-order valence-electron chi connectivity index (χ3n) is 6.41. The Morgan fingerprint density at radius 3 is 2.91 bits per heavy atom. The topological polar surface area (TPSA) is 96.9 Å². The van der Waals surface area contributed by atoms with Gasteiger partial charge < -0.3 is 24.6 Å². The summed E-state index contributed by atoms with van der Waals surface area (Å²) in [5.41, 5.74) is 3.03. The fraction of sp³-hybridized carbons (Fsp3) is 0.520. The van der Waals surface area contributed by atoms with Crippen LogP contribution in [0, 0.1) is 0 Å². The highest BCUT2D eigenvalue weighted by molar-refractivity contribution is 9.10. The largest absolute Gasteiger partial charge is 0.481 e. The zero-order valence-electron chi connectivity index (χ0n) is 20.3. The molecule has 1 N–H and O–H groups in total. The van der Waals surface area contributed by atoms with Gasteiger partial charge in [0.25, 0.3) is 0 Å². The second kappa shape index (κ2) is 11.7. The molecule has 35 heavy (non-hydrogen) atoms. The van der Waals surface area contributed by atoms with Crippen molar-refractivity contribution in [1.82, 2.24) is 19.8 Å². The van der Waals surface area contributed by atoms with Gasteiger partial charge in [-0.25, -0.2) is 14.8 Å². The Morgan fingerprint density at radius 2 is 2.17 bits per heavy atom. The number of pyridine rings is 2. The number of carbonyl (C=O) groups excluding carboxylic acids is 2. The van der Waals surface area contributed by atoms with Crippen molar-refractivity contribution in [2.75, 3.05) is 45.2 Å². The Morgan fingerprint density at radius 1 is 1.31 bits per heavy atom. The van der Waals surface area contributed by atoms with E-state index in [4.69, 9.17) is 14.5 Å². The van der Waals surface area contributed by atoms with Crippen LogP contribution in [0.1, 0.15) is 49.0 Å². The number of carbonyl (C=O) groups is 2. The summed E-state index contributed by atoms with van der Waals surface area (Å²) >= 11 is 3.66. The van der Waals surface area contributed by atoms with E-state index in [2.05, 4.69) is 32.3 Å². The third-order valence-corrected chi connectivity index (χ3v) is 7.09. The van der Waals surface area contributed by atoms with Crippen molar-refractivity contribution in [1.29, 1.82) is 0 Å². The normalized spacial score (nSPS) is 16.0. The molecule has 0 radical (unpaired) electrons. The molecule has 0 bridgehead atoms. The predicted molar refractivity (Wildman–Crippen MR) is 136 cm³/mol. The first-order valence-electron chi connectivity index (χ1n) is 12.1. The van der Waals surface area contributed by atoms with Crippen molar-refractivity contribution < 1.29 is 19.1 Å². The van der Waals surface area contributed by atoms with Crippen LogP contribution in [-0.4, -0.2) is 71.7 Å². The molecular formula is C25H32BrN5O4. The van der Waals surface area contributed by atoms with Crippen molar-refractivity contribution in [3.63, 3.8) is 0 Å². The molecule has 1 saturated heterocycles. The number of halogens is 1. The maximum atomic E-state index is 13.3. The van der Waals surface area contributed by atoms with Crippen LogP contribution in [0.25, 0.3) is 0 Å². The van der Waals surface area contributed by atoms with Gasteiger partial charge >= 0.3 is 12.0 Å². The number of amides is 2. The van der Waals surface area contributed by atoms with Gasteiger partial charge in [-0.3, -0.25) is 4.79 Å². The summed E-state index contributed by atoms with van der Waals surface area (Å²) in [5.74, 6) is 1.12. The highest BCUT2D eigenvalue weighted by atomic mass is 79.9. The van der Waals surface area contributed by atoms with E-state index in [1.54, 1.807) is 31.2 Å². The summed E-state index contributed by atoms with van der Waals surface area (Å²) in [4.78, 5) is 38.3. The molecule has 2 aromatic heterocycles. The van der Waals surface area contributed by atoms with E-state index in [-0.39, 0.29) is 18.4 Å². The average molecular weight is 546 g/mol. The van der Waals surface area contributed by atoms with Gasteiger partial charge in [0.05, 0.1) is 31.9 Å². The molecule has 0 unspecified atom stereocenters.